The molecule has 3 heterocycles. The van der Waals surface area contributed by atoms with Crippen molar-refractivity contribution >= 4 is 29.1 Å². The Bertz CT molecular complexity index is 1370. The first kappa shape index (κ1) is 25.8. The number of nitrogens with zero attached hydrogens (tertiary/aromatic N) is 4. The number of aromatic nitrogens is 3. The summed E-state index contributed by atoms with van der Waals surface area (Å²) in [6.45, 7) is 3.48. The molecule has 1 aliphatic rings. The molecule has 11 heteroatoms. The third-order valence-electron chi connectivity index (χ3n) is 6.29. The third-order valence-corrected chi connectivity index (χ3v) is 6.29. The normalized spacial score (nSPS) is 17.4. The van der Waals surface area contributed by atoms with Crippen molar-refractivity contribution in [2.24, 2.45) is 0 Å². The van der Waals surface area contributed by atoms with Crippen molar-refractivity contribution in [1.82, 2.24) is 19.4 Å². The van der Waals surface area contributed by atoms with Gasteiger partial charge in [0.05, 0.1) is 24.4 Å². The van der Waals surface area contributed by atoms with E-state index in [-0.39, 0.29) is 31.6 Å². The molecular formula is C26H28N4O7. The van der Waals surface area contributed by atoms with Crippen molar-refractivity contribution in [2.45, 2.75) is 58.4 Å². The van der Waals surface area contributed by atoms with Crippen molar-refractivity contribution in [1.29, 1.82) is 0 Å². The van der Waals surface area contributed by atoms with Crippen molar-refractivity contribution in [3.8, 4) is 0 Å². The smallest absolute Gasteiger partial charge is 0.465 e. The molecule has 4 rings (SSSR count). The van der Waals surface area contributed by atoms with Gasteiger partial charge >= 0.3 is 12.2 Å². The first-order valence-corrected chi connectivity index (χ1v) is 11.9. The van der Waals surface area contributed by atoms with Crippen LogP contribution in [-0.2, 0) is 27.4 Å². The number of Topliss-reactive ketones (excluding diaryl/α,β-unsaturated/α-hetero) is 1. The van der Waals surface area contributed by atoms with Crippen LogP contribution in [0.2, 0.25) is 0 Å². The van der Waals surface area contributed by atoms with Crippen LogP contribution in [0.4, 0.5) is 9.59 Å². The Labute approximate surface area is 212 Å². The van der Waals surface area contributed by atoms with Gasteiger partial charge in [0.15, 0.2) is 11.3 Å². The van der Waals surface area contributed by atoms with Crippen molar-refractivity contribution in [2.75, 3.05) is 6.54 Å². The van der Waals surface area contributed by atoms with E-state index in [1.54, 1.807) is 19.1 Å². The number of carbonyl (C=O) groups excluding carboxylic acids is 2. The largest absolute Gasteiger partial charge is 0.508 e. The van der Waals surface area contributed by atoms with E-state index in [9.17, 15) is 24.3 Å². The van der Waals surface area contributed by atoms with Crippen molar-refractivity contribution < 1.29 is 29.0 Å². The maximum Gasteiger partial charge on any atom is 0.508 e. The first-order chi connectivity index (χ1) is 17.7. The standard InChI is InChI=1S/C26H28N4O7/c1-16-11-17(2)28-23-22(16)27-15-29(24(23)32)13-19(31)12-20-21(9-6-10-30(20)25(33)34)37-26(35)36-14-18-7-4-3-5-8-18/h3-5,7-8,11,15,20-21H,6,9-10,12-14H2,1-2H3,(H,33,34)/t20-,21+/m1/s1. The molecule has 1 amide bonds. The summed E-state index contributed by atoms with van der Waals surface area (Å²) in [7, 11) is 0. The Balaban J connectivity index is 1.47. The summed E-state index contributed by atoms with van der Waals surface area (Å²) in [6, 6.07) is 9.96. The number of ether oxygens (including phenoxy) is 2. The van der Waals surface area contributed by atoms with Gasteiger partial charge in [0, 0.05) is 18.7 Å². The summed E-state index contributed by atoms with van der Waals surface area (Å²) >= 11 is 0. The lowest BCUT2D eigenvalue weighted by atomic mass is 9.94. The minimum absolute atomic E-state index is 0.00347. The van der Waals surface area contributed by atoms with Crippen molar-refractivity contribution in [3.63, 3.8) is 0 Å². The van der Waals surface area contributed by atoms with Gasteiger partial charge in [0.2, 0.25) is 0 Å². The Morgan fingerprint density at radius 1 is 1.14 bits per heavy atom. The second kappa shape index (κ2) is 11.2. The van der Waals surface area contributed by atoms with Crippen LogP contribution in [0.15, 0.2) is 47.5 Å². The number of rotatable bonds is 7. The van der Waals surface area contributed by atoms with Crippen LogP contribution < -0.4 is 5.56 Å². The van der Waals surface area contributed by atoms with Crippen LogP contribution >= 0.6 is 0 Å². The van der Waals surface area contributed by atoms with Gasteiger partial charge in [0.1, 0.15) is 12.7 Å². The number of piperidine rings is 1. The highest BCUT2D eigenvalue weighted by Gasteiger charge is 2.38. The average Bonchev–Trinajstić information content (AvgIpc) is 2.86. The first-order valence-electron chi connectivity index (χ1n) is 11.9. The highest BCUT2D eigenvalue weighted by Crippen LogP contribution is 2.24. The third kappa shape index (κ3) is 6.11. The van der Waals surface area contributed by atoms with E-state index in [0.717, 1.165) is 20.6 Å². The van der Waals surface area contributed by atoms with Gasteiger partial charge in [-0.05, 0) is 43.9 Å². The minimum atomic E-state index is -1.22. The fourth-order valence-electron chi connectivity index (χ4n) is 4.57. The van der Waals surface area contributed by atoms with Crippen LogP contribution in [0.1, 0.15) is 36.1 Å². The predicted octanol–water partition coefficient (Wildman–Crippen LogP) is 3.23. The number of ketones is 1. The fourth-order valence-corrected chi connectivity index (χ4v) is 4.57. The number of amides is 1. The lowest BCUT2D eigenvalue weighted by molar-refractivity contribution is -0.123. The van der Waals surface area contributed by atoms with Crippen LogP contribution in [0, 0.1) is 13.8 Å². The minimum Gasteiger partial charge on any atom is -0.465 e. The summed E-state index contributed by atoms with van der Waals surface area (Å²) in [5.74, 6) is -0.406. The molecule has 1 fully saturated rings. The molecule has 11 nitrogen and oxygen atoms in total. The van der Waals surface area contributed by atoms with Gasteiger partial charge in [-0.15, -0.1) is 0 Å². The quantitative estimate of drug-likeness (QED) is 0.476. The van der Waals surface area contributed by atoms with E-state index >= 15 is 0 Å². The van der Waals surface area contributed by atoms with Gasteiger partial charge in [-0.3, -0.25) is 14.2 Å². The molecule has 1 aliphatic heterocycles. The number of fused-ring (bicyclic) bond motifs is 1. The van der Waals surface area contributed by atoms with E-state index in [1.165, 1.54) is 6.33 Å². The number of likely N-dealkylation sites (tertiary alicyclic amines) is 1. The van der Waals surface area contributed by atoms with Gasteiger partial charge in [-0.1, -0.05) is 30.3 Å². The second-order valence-corrected chi connectivity index (χ2v) is 9.06. The molecule has 1 aromatic carbocycles. The van der Waals surface area contributed by atoms with E-state index in [2.05, 4.69) is 9.97 Å². The van der Waals surface area contributed by atoms with Gasteiger partial charge < -0.3 is 19.5 Å². The number of carboxylic acid groups (broad SMARTS) is 1. The molecule has 37 heavy (non-hydrogen) atoms. The maximum absolute atomic E-state index is 13.0. The molecule has 0 spiro atoms. The van der Waals surface area contributed by atoms with Crippen LogP contribution in [0.3, 0.4) is 0 Å². The number of hydrogen-bond acceptors (Lipinski definition) is 8. The molecule has 0 bridgehead atoms. The van der Waals surface area contributed by atoms with Gasteiger partial charge in [0.25, 0.3) is 5.56 Å². The maximum atomic E-state index is 13.0. The van der Waals surface area contributed by atoms with Gasteiger partial charge in [-0.2, -0.15) is 0 Å². The molecule has 3 aromatic rings. The number of benzene rings is 1. The van der Waals surface area contributed by atoms with Crippen LogP contribution in [-0.4, -0.2) is 61.3 Å². The summed E-state index contributed by atoms with van der Waals surface area (Å²) < 4.78 is 11.8. The van der Waals surface area contributed by atoms with Crippen molar-refractivity contribution in [3.05, 3.63) is 69.9 Å². The topological polar surface area (TPSA) is 141 Å². The van der Waals surface area contributed by atoms with E-state index in [1.807, 2.05) is 31.2 Å². The molecular weight excluding hydrogens is 480 g/mol. The SMILES string of the molecule is Cc1cc(C)c2ncn(CC(=O)C[C@@H]3[C@@H](OC(=O)OCc4ccccc4)CCCN3C(=O)O)c(=O)c2n1. The highest BCUT2D eigenvalue weighted by atomic mass is 16.7. The molecule has 0 aliphatic carbocycles. The lowest BCUT2D eigenvalue weighted by Gasteiger charge is -2.38. The summed E-state index contributed by atoms with van der Waals surface area (Å²) in [4.78, 5) is 59.9. The van der Waals surface area contributed by atoms with E-state index in [0.29, 0.717) is 24.1 Å². The number of carbonyl (C=O) groups is 3. The zero-order valence-corrected chi connectivity index (χ0v) is 20.6. The number of pyridine rings is 1. The Hall–Kier alpha value is -4.28. The van der Waals surface area contributed by atoms with Crippen LogP contribution in [0.25, 0.3) is 11.0 Å². The second-order valence-electron chi connectivity index (χ2n) is 9.06. The van der Waals surface area contributed by atoms with E-state index in [4.69, 9.17) is 9.47 Å². The Morgan fingerprint density at radius 3 is 2.62 bits per heavy atom. The molecule has 2 atom stereocenters. The molecule has 0 saturated carbocycles. The molecule has 1 N–H and O–H groups in total. The molecule has 0 unspecified atom stereocenters. The summed E-state index contributed by atoms with van der Waals surface area (Å²) in [6.07, 6.45) is -1.14. The Morgan fingerprint density at radius 2 is 1.89 bits per heavy atom. The Kier molecular flexibility index (Phi) is 7.80. The summed E-state index contributed by atoms with van der Waals surface area (Å²) in [5, 5.41) is 9.70. The fraction of sp³-hybridized carbons (Fsp3) is 0.385. The number of aryl methyl sites for hydroxylation is 2. The van der Waals surface area contributed by atoms with E-state index < -0.39 is 35.7 Å². The average molecular weight is 509 g/mol. The molecule has 1 saturated heterocycles. The predicted molar refractivity (Wildman–Crippen MR) is 132 cm³/mol. The lowest BCUT2D eigenvalue weighted by Crippen LogP contribution is -2.53. The zero-order valence-electron chi connectivity index (χ0n) is 20.6. The van der Waals surface area contributed by atoms with Crippen LogP contribution in [0.5, 0.6) is 0 Å². The monoisotopic (exact) mass is 508 g/mol. The van der Waals surface area contributed by atoms with Gasteiger partial charge in [-0.25, -0.2) is 19.6 Å². The molecule has 0 radical (unpaired) electrons. The zero-order chi connectivity index (χ0) is 26.5. The molecule has 2 aromatic heterocycles. The summed E-state index contributed by atoms with van der Waals surface area (Å²) in [5.41, 5.74) is 2.41. The molecule has 194 valence electrons. The number of hydrogen-bond donors (Lipinski definition) is 1. The highest BCUT2D eigenvalue weighted by molar-refractivity contribution is 5.81.